The summed E-state index contributed by atoms with van der Waals surface area (Å²) in [6.45, 7) is 0. The average molecular weight is 162 g/mol. The van der Waals surface area contributed by atoms with Crippen molar-refractivity contribution < 1.29 is 99.8 Å². The number of hydrogen-bond acceptors (Lipinski definition) is 4. The van der Waals surface area contributed by atoms with Gasteiger partial charge in [0.2, 0.25) is 0 Å². The van der Waals surface area contributed by atoms with Crippen molar-refractivity contribution in [2.45, 2.75) is 0 Å². The van der Waals surface area contributed by atoms with Crippen LogP contribution in [0.3, 0.4) is 0 Å². The zero-order chi connectivity index (χ0) is 4.50. The van der Waals surface area contributed by atoms with Crippen molar-refractivity contribution >= 4 is 0 Å². The fraction of sp³-hybridized carbons (Fsp3) is 0. The summed E-state index contributed by atoms with van der Waals surface area (Å²) in [5.74, 6) is 0. The van der Waals surface area contributed by atoms with Crippen molar-refractivity contribution in [1.82, 2.24) is 0 Å². The van der Waals surface area contributed by atoms with Crippen LogP contribution >= 0.6 is 0 Å². The Morgan fingerprint density at radius 2 is 1.14 bits per heavy atom. The van der Waals surface area contributed by atoms with Gasteiger partial charge in [0.05, 0.1) is 0 Å². The zero-order valence-electron chi connectivity index (χ0n) is 4.04. The van der Waals surface area contributed by atoms with E-state index in [2.05, 4.69) is 0 Å². The Balaban J connectivity index is -0.0000000800. The third kappa shape index (κ3) is 62.6. The van der Waals surface area contributed by atoms with E-state index < -0.39 is 13.6 Å². The Bertz CT molecular complexity index is 94.9. The van der Waals surface area contributed by atoms with E-state index in [9.17, 15) is 0 Å². The number of hydrogen-bond donors (Lipinski definition) is 0. The summed E-state index contributed by atoms with van der Waals surface area (Å²) in [6.07, 6.45) is 0. The fourth-order valence-corrected chi connectivity index (χ4v) is 0. The van der Waals surface area contributed by atoms with Crippen LogP contribution in [0.25, 0.3) is 0 Å². The number of rotatable bonds is 0. The summed E-state index contributed by atoms with van der Waals surface area (Å²) in [5, 5.41) is 0. The van der Waals surface area contributed by atoms with Gasteiger partial charge >= 0.3 is 99.8 Å². The molecule has 0 aliphatic rings. The van der Waals surface area contributed by atoms with Gasteiger partial charge in [-0.25, -0.2) is 0 Å². The van der Waals surface area contributed by atoms with Crippen LogP contribution < -0.4 is 78.6 Å². The van der Waals surface area contributed by atoms with E-state index in [-0.39, 0.29) is 70.2 Å². The summed E-state index contributed by atoms with van der Waals surface area (Å²) in [5.41, 5.74) is 0. The van der Waals surface area contributed by atoms with Crippen molar-refractivity contribution in [3.63, 3.8) is 0 Å². The average Bonchev–Trinajstić information content (AvgIpc) is 0.722. The second-order valence-corrected chi connectivity index (χ2v) is 1.68. The molecular weight excluding hydrogens is 162 g/mol. The van der Waals surface area contributed by atoms with Crippen LogP contribution in [0.4, 0.5) is 0 Å². The summed E-state index contributed by atoms with van der Waals surface area (Å²) in [7, 11) is 0. The molecule has 0 atom stereocenters. The molecule has 0 rings (SSSR count). The molecule has 0 fully saturated rings. The van der Waals surface area contributed by atoms with Gasteiger partial charge in [0.25, 0.3) is 0 Å². The topological polar surface area (TPSA) is 80.3 Å². The maximum absolute atomic E-state index is 8.59. The predicted octanol–water partition coefficient (Wildman–Crippen LogP) is -8.61. The molecule has 0 N–H and O–H groups in total. The van der Waals surface area contributed by atoms with Gasteiger partial charge < -0.3 is 0 Å². The van der Waals surface area contributed by atoms with Crippen LogP contribution in [0.15, 0.2) is 0 Å². The van der Waals surface area contributed by atoms with Crippen molar-refractivity contribution in [2.75, 3.05) is 0 Å². The SMILES string of the molecule is [K+].[Li+].[O]=[Cr](=[O])([O-])[O-]. The van der Waals surface area contributed by atoms with E-state index in [4.69, 9.17) is 15.9 Å². The molecule has 0 radical (unpaired) electrons. The first-order valence-electron chi connectivity index (χ1n) is 0.667. The van der Waals surface area contributed by atoms with Crippen molar-refractivity contribution in [3.8, 4) is 0 Å². The van der Waals surface area contributed by atoms with E-state index in [0.717, 1.165) is 0 Å². The molecule has 0 aromatic rings. The van der Waals surface area contributed by atoms with Gasteiger partial charge in [0.1, 0.15) is 0 Å². The first-order chi connectivity index (χ1) is 2.00. The van der Waals surface area contributed by atoms with Crippen LogP contribution in [0.5, 0.6) is 0 Å². The van der Waals surface area contributed by atoms with E-state index in [1.807, 2.05) is 0 Å². The van der Waals surface area contributed by atoms with Gasteiger partial charge in [0.15, 0.2) is 0 Å². The van der Waals surface area contributed by atoms with Crippen LogP contribution in [0, 0.1) is 0 Å². The van der Waals surface area contributed by atoms with E-state index >= 15 is 0 Å². The minimum atomic E-state index is -5.75. The van der Waals surface area contributed by atoms with Crippen molar-refractivity contribution in [2.24, 2.45) is 0 Å². The van der Waals surface area contributed by atoms with E-state index in [1.165, 1.54) is 0 Å². The summed E-state index contributed by atoms with van der Waals surface area (Å²) < 4.78 is 34.4. The molecule has 32 valence electrons. The Kier molecular flexibility index (Phi) is 14.8. The third-order valence-corrected chi connectivity index (χ3v) is 0. The van der Waals surface area contributed by atoms with E-state index in [1.54, 1.807) is 0 Å². The second kappa shape index (κ2) is 6.41. The molecule has 0 bridgehead atoms. The standard InChI is InChI=1S/Cr.K.Li.4O/q;2*+1;;;2*-1. The van der Waals surface area contributed by atoms with Crippen molar-refractivity contribution in [1.29, 1.82) is 0 Å². The van der Waals surface area contributed by atoms with Gasteiger partial charge in [0, 0.05) is 0 Å². The quantitative estimate of drug-likeness (QED) is 0.331. The van der Waals surface area contributed by atoms with Gasteiger partial charge in [-0.1, -0.05) is 0 Å². The zero-order valence-corrected chi connectivity index (χ0v) is 8.44. The predicted molar refractivity (Wildman–Crippen MR) is 1.37 cm³/mol. The molecule has 0 aromatic heterocycles. The minimum absolute atomic E-state index is 0. The van der Waals surface area contributed by atoms with Gasteiger partial charge in [-0.05, 0) is 0 Å². The van der Waals surface area contributed by atoms with Crippen LogP contribution in [0.2, 0.25) is 0 Å². The van der Waals surface area contributed by atoms with Crippen LogP contribution in [-0.2, 0) is 21.2 Å². The van der Waals surface area contributed by atoms with Crippen LogP contribution in [-0.4, -0.2) is 0 Å². The summed E-state index contributed by atoms with van der Waals surface area (Å²) in [6, 6.07) is 0. The molecule has 4 nitrogen and oxygen atoms in total. The Labute approximate surface area is 97.7 Å². The van der Waals surface area contributed by atoms with Gasteiger partial charge in [-0.15, -0.1) is 0 Å². The maximum atomic E-state index is 8.59. The molecule has 7 heavy (non-hydrogen) atoms. The molecule has 0 unspecified atom stereocenters. The molecular formula is CrKLiO4. The monoisotopic (exact) mass is 162 g/mol. The molecule has 0 heterocycles. The van der Waals surface area contributed by atoms with Gasteiger partial charge in [-0.2, -0.15) is 0 Å². The Morgan fingerprint density at radius 1 is 1.14 bits per heavy atom. The first-order valence-corrected chi connectivity index (χ1v) is 2.75. The molecule has 0 saturated heterocycles. The second-order valence-electron chi connectivity index (χ2n) is 0.408. The Morgan fingerprint density at radius 3 is 1.14 bits per heavy atom. The van der Waals surface area contributed by atoms with Crippen molar-refractivity contribution in [3.05, 3.63) is 0 Å². The molecule has 0 aliphatic heterocycles. The molecule has 0 saturated carbocycles. The van der Waals surface area contributed by atoms with Crippen LogP contribution in [0.1, 0.15) is 0 Å². The molecule has 0 amide bonds. The molecule has 7 heteroatoms. The van der Waals surface area contributed by atoms with E-state index in [0.29, 0.717) is 0 Å². The first kappa shape index (κ1) is 16.1. The normalized spacial score (nSPS) is 8.29. The molecule has 0 spiro atoms. The molecule has 0 aromatic carbocycles. The third-order valence-electron chi connectivity index (χ3n) is 0. The summed E-state index contributed by atoms with van der Waals surface area (Å²) in [4.78, 5) is 0. The molecule has 0 aliphatic carbocycles. The fourth-order valence-electron chi connectivity index (χ4n) is 0. The summed E-state index contributed by atoms with van der Waals surface area (Å²) >= 11 is -5.75. The Hall–Kier alpha value is 2.29. The van der Waals surface area contributed by atoms with Gasteiger partial charge in [-0.3, -0.25) is 0 Å².